The van der Waals surface area contributed by atoms with E-state index in [4.69, 9.17) is 33.2 Å². The third kappa shape index (κ3) is 7.23. The van der Waals surface area contributed by atoms with Crippen LogP contribution < -0.4 is 0 Å². The SMILES string of the molecule is C=CC[C@@H]1O[C@H]2C3O[C@]4(CC[C@H]5CC(=C)C(CC[C@H]6C[C@@H](C)C(=C)[C@@H](CC7O[C@H](C[C@H](C)CC)[C@H](C)[C@H]7CCO)O6)O5)C[C@H]3O[C@H]2C(O4)[C@H]1C. The van der Waals surface area contributed by atoms with Gasteiger partial charge in [-0.3, -0.25) is 0 Å². The maximum absolute atomic E-state index is 9.90. The van der Waals surface area contributed by atoms with Gasteiger partial charge in [0.2, 0.25) is 0 Å². The first kappa shape index (κ1) is 37.2. The molecule has 8 fully saturated rings. The van der Waals surface area contributed by atoms with Gasteiger partial charge in [-0.1, -0.05) is 60.3 Å². The second-order valence-electron chi connectivity index (χ2n) is 17.4. The van der Waals surface area contributed by atoms with E-state index in [1.54, 1.807) is 0 Å². The summed E-state index contributed by atoms with van der Waals surface area (Å²) in [5.74, 6) is 1.39. The topological polar surface area (TPSA) is 84.8 Å². The summed E-state index contributed by atoms with van der Waals surface area (Å²) in [5.41, 5.74) is 2.38. The third-order valence-electron chi connectivity index (χ3n) is 14.0. The first-order chi connectivity index (χ1) is 24.0. The van der Waals surface area contributed by atoms with E-state index in [9.17, 15) is 5.11 Å². The molecule has 0 aromatic rings. The zero-order chi connectivity index (χ0) is 35.3. The standard InChI is InChI=1S/C42H66O8/c1-9-11-33-28(8)38-40-41(47-33)39-37(48-40)22-42(49-38,50-39)16-14-30-20-25(5)32(44-30)13-12-29-19-24(4)26(6)35(45-29)21-36-31(15-17-43)27(7)34(46-36)18-23(3)10-2/h9,23-24,27-41,43H,1,5-6,10-22H2,2-4,7-8H3/t23-,24-,27-,28+,29+,30+,31-,32?,33+,34-,35-,36?,37-,38?,39?,40+,41+,42-/m1/s1. The minimum Gasteiger partial charge on any atom is -0.396 e. The second-order valence-corrected chi connectivity index (χ2v) is 17.4. The van der Waals surface area contributed by atoms with Gasteiger partial charge in [0, 0.05) is 31.8 Å². The molecule has 4 unspecified atom stereocenters. The Bertz CT molecular complexity index is 1220. The molecule has 282 valence electrons. The lowest BCUT2D eigenvalue weighted by atomic mass is 9.79. The van der Waals surface area contributed by atoms with Crippen molar-refractivity contribution in [2.24, 2.45) is 29.6 Å². The number of hydrogen-bond acceptors (Lipinski definition) is 8. The number of aliphatic hydroxyl groups is 1. The molecule has 0 spiro atoms. The highest BCUT2D eigenvalue weighted by Gasteiger charge is 2.67. The fourth-order valence-electron chi connectivity index (χ4n) is 10.6. The van der Waals surface area contributed by atoms with Gasteiger partial charge in [-0.05, 0) is 86.2 Å². The van der Waals surface area contributed by atoms with Gasteiger partial charge in [0.15, 0.2) is 5.79 Å². The average molecular weight is 699 g/mol. The van der Waals surface area contributed by atoms with Crippen molar-refractivity contribution >= 4 is 0 Å². The second kappa shape index (κ2) is 15.3. The molecule has 0 aliphatic carbocycles. The number of hydrogen-bond donors (Lipinski definition) is 1. The Hall–Kier alpha value is -1.10. The number of rotatable bonds is 15. The maximum atomic E-state index is 9.90. The normalized spacial score (nSPS) is 48.8. The van der Waals surface area contributed by atoms with E-state index in [1.165, 1.54) is 11.1 Å². The molecule has 0 radical (unpaired) electrons. The van der Waals surface area contributed by atoms with Crippen LogP contribution in [0, 0.1) is 29.6 Å². The smallest absolute Gasteiger partial charge is 0.172 e. The molecule has 0 aromatic heterocycles. The number of ether oxygens (including phenoxy) is 7. The van der Waals surface area contributed by atoms with Gasteiger partial charge in [-0.25, -0.2) is 0 Å². The predicted octanol–water partition coefficient (Wildman–Crippen LogP) is 7.47. The van der Waals surface area contributed by atoms with E-state index in [0.29, 0.717) is 23.7 Å². The molecule has 8 nitrogen and oxygen atoms in total. The van der Waals surface area contributed by atoms with Crippen LogP contribution in [0.15, 0.2) is 37.0 Å². The Labute approximate surface area is 301 Å². The highest BCUT2D eigenvalue weighted by molar-refractivity contribution is 5.14. The van der Waals surface area contributed by atoms with Crippen LogP contribution in [-0.2, 0) is 33.2 Å². The Morgan fingerprint density at radius 3 is 2.36 bits per heavy atom. The molecule has 0 saturated carbocycles. The zero-order valence-electron chi connectivity index (χ0n) is 31.5. The minimum atomic E-state index is -0.637. The number of aliphatic hydroxyl groups excluding tert-OH is 1. The van der Waals surface area contributed by atoms with Crippen molar-refractivity contribution in [1.29, 1.82) is 0 Å². The lowest BCUT2D eigenvalue weighted by Gasteiger charge is -2.42. The van der Waals surface area contributed by atoms with Crippen molar-refractivity contribution in [2.75, 3.05) is 6.61 Å². The van der Waals surface area contributed by atoms with Gasteiger partial charge >= 0.3 is 0 Å². The molecule has 8 rings (SSSR count). The Morgan fingerprint density at radius 1 is 0.840 bits per heavy atom. The van der Waals surface area contributed by atoms with Crippen LogP contribution in [0.3, 0.4) is 0 Å². The van der Waals surface area contributed by atoms with Crippen molar-refractivity contribution in [2.45, 2.75) is 191 Å². The van der Waals surface area contributed by atoms with E-state index in [2.05, 4.69) is 54.4 Å². The molecule has 8 heterocycles. The fourth-order valence-corrected chi connectivity index (χ4v) is 10.6. The molecule has 6 bridgehead atoms. The fraction of sp³-hybridized carbons (Fsp3) is 0.857. The van der Waals surface area contributed by atoms with E-state index in [-0.39, 0.29) is 85.8 Å². The first-order valence-corrected chi connectivity index (χ1v) is 20.2. The van der Waals surface area contributed by atoms with Gasteiger partial charge in [-0.15, -0.1) is 6.58 Å². The summed E-state index contributed by atoms with van der Waals surface area (Å²) in [5, 5.41) is 9.90. The van der Waals surface area contributed by atoms with Crippen LogP contribution in [0.2, 0.25) is 0 Å². The Kier molecular flexibility index (Phi) is 11.4. The molecule has 8 heteroatoms. The molecular weight excluding hydrogens is 632 g/mol. The van der Waals surface area contributed by atoms with Crippen LogP contribution in [0.4, 0.5) is 0 Å². The average Bonchev–Trinajstić information content (AvgIpc) is 3.75. The van der Waals surface area contributed by atoms with E-state index in [1.807, 2.05) is 6.08 Å². The summed E-state index contributed by atoms with van der Waals surface area (Å²) in [4.78, 5) is 0. The van der Waals surface area contributed by atoms with E-state index < -0.39 is 5.79 Å². The van der Waals surface area contributed by atoms with Crippen LogP contribution >= 0.6 is 0 Å². The Balaban J connectivity index is 0.911. The van der Waals surface area contributed by atoms with Crippen molar-refractivity contribution in [3.05, 3.63) is 37.0 Å². The molecule has 0 amide bonds. The monoisotopic (exact) mass is 698 g/mol. The molecule has 18 atom stereocenters. The highest BCUT2D eigenvalue weighted by Crippen LogP contribution is 2.54. The lowest BCUT2D eigenvalue weighted by Crippen LogP contribution is -2.54. The minimum absolute atomic E-state index is 0.0197. The summed E-state index contributed by atoms with van der Waals surface area (Å²) in [7, 11) is 0. The molecule has 1 N–H and O–H groups in total. The first-order valence-electron chi connectivity index (χ1n) is 20.2. The highest BCUT2D eigenvalue weighted by atomic mass is 16.8. The summed E-state index contributed by atoms with van der Waals surface area (Å²) < 4.78 is 46.8. The van der Waals surface area contributed by atoms with Crippen LogP contribution in [0.5, 0.6) is 0 Å². The summed E-state index contributed by atoms with van der Waals surface area (Å²) >= 11 is 0. The van der Waals surface area contributed by atoms with Gasteiger partial charge in [-0.2, -0.15) is 0 Å². The van der Waals surface area contributed by atoms with Crippen LogP contribution in [0.25, 0.3) is 0 Å². The molecule has 8 saturated heterocycles. The lowest BCUT2D eigenvalue weighted by molar-refractivity contribution is -0.262. The van der Waals surface area contributed by atoms with Crippen molar-refractivity contribution in [3.8, 4) is 0 Å². The zero-order valence-corrected chi connectivity index (χ0v) is 31.5. The molecule has 8 aliphatic rings. The van der Waals surface area contributed by atoms with E-state index >= 15 is 0 Å². The third-order valence-corrected chi connectivity index (χ3v) is 14.0. The van der Waals surface area contributed by atoms with Crippen molar-refractivity contribution in [1.82, 2.24) is 0 Å². The van der Waals surface area contributed by atoms with Crippen molar-refractivity contribution in [3.63, 3.8) is 0 Å². The van der Waals surface area contributed by atoms with Crippen LogP contribution in [0.1, 0.15) is 112 Å². The van der Waals surface area contributed by atoms with Crippen molar-refractivity contribution < 1.29 is 38.3 Å². The van der Waals surface area contributed by atoms with Gasteiger partial charge in [0.25, 0.3) is 0 Å². The Morgan fingerprint density at radius 2 is 1.60 bits per heavy atom. The van der Waals surface area contributed by atoms with Crippen LogP contribution in [-0.4, -0.2) is 90.7 Å². The molecule has 0 aromatic carbocycles. The summed E-state index contributed by atoms with van der Waals surface area (Å²) in [6.07, 6.45) is 13.3. The quantitative estimate of drug-likeness (QED) is 0.177. The molecular formula is C42H66O8. The van der Waals surface area contributed by atoms with Gasteiger partial charge < -0.3 is 38.3 Å². The van der Waals surface area contributed by atoms with Gasteiger partial charge in [0.1, 0.15) is 18.3 Å². The molecule has 50 heavy (non-hydrogen) atoms. The largest absolute Gasteiger partial charge is 0.396 e. The maximum Gasteiger partial charge on any atom is 0.172 e. The predicted molar refractivity (Wildman–Crippen MR) is 193 cm³/mol. The summed E-state index contributed by atoms with van der Waals surface area (Å²) in [6.45, 7) is 24.5. The molecule has 8 aliphatic heterocycles. The summed E-state index contributed by atoms with van der Waals surface area (Å²) in [6, 6.07) is 0. The van der Waals surface area contributed by atoms with Gasteiger partial charge in [0.05, 0.1) is 54.9 Å². The van der Waals surface area contributed by atoms with E-state index in [0.717, 1.165) is 77.0 Å².